The summed E-state index contributed by atoms with van der Waals surface area (Å²) in [6.45, 7) is 3.02. The molecule has 1 saturated heterocycles. The number of nitrogens with zero attached hydrogens (tertiary/aromatic N) is 2. The van der Waals surface area contributed by atoms with Gasteiger partial charge < -0.3 is 15.4 Å². The van der Waals surface area contributed by atoms with Gasteiger partial charge in [0, 0.05) is 46.9 Å². The Morgan fingerprint density at radius 3 is 2.56 bits per heavy atom. The Morgan fingerprint density at radius 1 is 1.19 bits per heavy atom. The van der Waals surface area contributed by atoms with Crippen molar-refractivity contribution in [1.29, 1.82) is 0 Å². The first-order valence-electron chi connectivity index (χ1n) is 9.11. The molecule has 0 saturated carbocycles. The number of aliphatic imine (C=N–C) groups is 1. The van der Waals surface area contributed by atoms with Gasteiger partial charge in [-0.15, -0.1) is 24.0 Å². The molecule has 7 nitrogen and oxygen atoms in total. The third-order valence-corrected chi connectivity index (χ3v) is 6.39. The van der Waals surface area contributed by atoms with E-state index in [2.05, 4.69) is 15.6 Å². The predicted octanol–water partition coefficient (Wildman–Crippen LogP) is 2.18. The first-order valence-corrected chi connectivity index (χ1v) is 10.5. The van der Waals surface area contributed by atoms with Gasteiger partial charge in [0.05, 0.1) is 4.90 Å². The standard InChI is InChI=1S/C18H30N4O3S.HI/c1-19-18(20-11-8-14-25-2)21-15-16-9-4-5-10-17(16)26(23,24)22-12-6-3-7-13-22;/h4-5,9-10H,3,6-8,11-15H2,1-2H3,(H2,19,20,21);1H. The van der Waals surface area contributed by atoms with Crippen molar-refractivity contribution < 1.29 is 13.2 Å². The van der Waals surface area contributed by atoms with E-state index in [1.165, 1.54) is 0 Å². The van der Waals surface area contributed by atoms with Gasteiger partial charge in [0.2, 0.25) is 10.0 Å². The number of nitrogens with one attached hydrogen (secondary N) is 2. The zero-order chi connectivity index (χ0) is 18.8. The number of guanidine groups is 1. The molecule has 1 aliphatic heterocycles. The van der Waals surface area contributed by atoms with Crippen LogP contribution in [0.25, 0.3) is 0 Å². The lowest BCUT2D eigenvalue weighted by Gasteiger charge is -2.27. The van der Waals surface area contributed by atoms with Gasteiger partial charge in [-0.3, -0.25) is 4.99 Å². The van der Waals surface area contributed by atoms with Crippen LogP contribution in [-0.2, 0) is 21.3 Å². The molecule has 0 aliphatic carbocycles. The summed E-state index contributed by atoms with van der Waals surface area (Å²) in [5, 5.41) is 6.39. The maximum Gasteiger partial charge on any atom is 0.243 e. The monoisotopic (exact) mass is 510 g/mol. The van der Waals surface area contributed by atoms with E-state index in [1.807, 2.05) is 12.1 Å². The van der Waals surface area contributed by atoms with Gasteiger partial charge in [0.1, 0.15) is 0 Å². The smallest absolute Gasteiger partial charge is 0.243 e. The van der Waals surface area contributed by atoms with E-state index < -0.39 is 10.0 Å². The largest absolute Gasteiger partial charge is 0.385 e. The highest BCUT2D eigenvalue weighted by Crippen LogP contribution is 2.23. The first kappa shape index (κ1) is 24.1. The molecule has 27 heavy (non-hydrogen) atoms. The lowest BCUT2D eigenvalue weighted by Crippen LogP contribution is -2.39. The van der Waals surface area contributed by atoms with Crippen molar-refractivity contribution in [3.63, 3.8) is 0 Å². The topological polar surface area (TPSA) is 83.0 Å². The maximum atomic E-state index is 13.0. The summed E-state index contributed by atoms with van der Waals surface area (Å²) in [5.41, 5.74) is 0.748. The summed E-state index contributed by atoms with van der Waals surface area (Å²) in [7, 11) is -0.0852. The Bertz CT molecular complexity index is 692. The zero-order valence-corrected chi connectivity index (χ0v) is 19.3. The molecule has 0 unspecified atom stereocenters. The number of hydrogen-bond donors (Lipinski definition) is 2. The van der Waals surface area contributed by atoms with Gasteiger partial charge in [0.25, 0.3) is 0 Å². The minimum absolute atomic E-state index is 0. The third kappa shape index (κ3) is 7.20. The fraction of sp³-hybridized carbons (Fsp3) is 0.611. The SMILES string of the molecule is CN=C(NCCCOC)NCc1ccccc1S(=O)(=O)N1CCCCC1.I. The number of piperidine rings is 1. The minimum atomic E-state index is -3.46. The minimum Gasteiger partial charge on any atom is -0.385 e. The number of ether oxygens (including phenoxy) is 1. The van der Waals surface area contributed by atoms with Crippen LogP contribution in [0.4, 0.5) is 0 Å². The highest BCUT2D eigenvalue weighted by molar-refractivity contribution is 14.0. The Labute approximate surface area is 180 Å². The third-order valence-electron chi connectivity index (χ3n) is 4.39. The van der Waals surface area contributed by atoms with Gasteiger partial charge in [-0.2, -0.15) is 4.31 Å². The maximum absolute atomic E-state index is 13.0. The molecule has 1 fully saturated rings. The fourth-order valence-electron chi connectivity index (χ4n) is 2.97. The fourth-order valence-corrected chi connectivity index (χ4v) is 4.71. The van der Waals surface area contributed by atoms with Crippen molar-refractivity contribution in [1.82, 2.24) is 14.9 Å². The quantitative estimate of drug-likeness (QED) is 0.243. The number of sulfonamides is 1. The lowest BCUT2D eigenvalue weighted by atomic mass is 10.2. The lowest BCUT2D eigenvalue weighted by molar-refractivity contribution is 0.195. The van der Waals surface area contributed by atoms with Crippen LogP contribution >= 0.6 is 24.0 Å². The molecule has 154 valence electrons. The molecular weight excluding hydrogens is 479 g/mol. The van der Waals surface area contributed by atoms with Crippen LogP contribution in [0.5, 0.6) is 0 Å². The number of halogens is 1. The highest BCUT2D eigenvalue weighted by Gasteiger charge is 2.27. The molecule has 1 aliphatic rings. The second-order valence-corrected chi connectivity index (χ2v) is 8.18. The molecule has 1 aromatic rings. The molecule has 2 N–H and O–H groups in total. The number of benzene rings is 1. The summed E-state index contributed by atoms with van der Waals surface area (Å²) < 4.78 is 32.6. The van der Waals surface area contributed by atoms with Crippen molar-refractivity contribution in [2.75, 3.05) is 40.4 Å². The van der Waals surface area contributed by atoms with E-state index in [1.54, 1.807) is 30.6 Å². The van der Waals surface area contributed by atoms with Gasteiger partial charge in [0.15, 0.2) is 5.96 Å². The zero-order valence-electron chi connectivity index (χ0n) is 16.1. The molecule has 2 rings (SSSR count). The van der Waals surface area contributed by atoms with Crippen LogP contribution in [0.15, 0.2) is 34.2 Å². The first-order chi connectivity index (χ1) is 12.6. The summed E-state index contributed by atoms with van der Waals surface area (Å²) in [6, 6.07) is 7.18. The molecular formula is C18H31IN4O3S. The van der Waals surface area contributed by atoms with Gasteiger partial charge >= 0.3 is 0 Å². The Morgan fingerprint density at radius 2 is 1.89 bits per heavy atom. The second-order valence-electron chi connectivity index (χ2n) is 6.27. The second kappa shape index (κ2) is 12.5. The highest BCUT2D eigenvalue weighted by atomic mass is 127. The molecule has 1 heterocycles. The molecule has 0 aromatic heterocycles. The van der Waals surface area contributed by atoms with Crippen LogP contribution in [0, 0.1) is 0 Å². The van der Waals surface area contributed by atoms with E-state index in [0.29, 0.717) is 37.1 Å². The predicted molar refractivity (Wildman–Crippen MR) is 119 cm³/mol. The van der Waals surface area contributed by atoms with Crippen molar-refractivity contribution in [2.24, 2.45) is 4.99 Å². The van der Waals surface area contributed by atoms with Crippen molar-refractivity contribution in [3.8, 4) is 0 Å². The van der Waals surface area contributed by atoms with Crippen molar-refractivity contribution in [2.45, 2.75) is 37.1 Å². The van der Waals surface area contributed by atoms with E-state index in [4.69, 9.17) is 4.74 Å². The molecule has 0 radical (unpaired) electrons. The van der Waals surface area contributed by atoms with Gasteiger partial charge in [-0.25, -0.2) is 8.42 Å². The number of hydrogen-bond acceptors (Lipinski definition) is 4. The van der Waals surface area contributed by atoms with Crippen molar-refractivity contribution >= 4 is 40.0 Å². The van der Waals surface area contributed by atoms with Crippen LogP contribution in [-0.4, -0.2) is 59.1 Å². The van der Waals surface area contributed by atoms with Crippen LogP contribution in [0.3, 0.4) is 0 Å². The van der Waals surface area contributed by atoms with Crippen LogP contribution < -0.4 is 10.6 Å². The molecule has 0 atom stereocenters. The average Bonchev–Trinajstić information content (AvgIpc) is 2.68. The Kier molecular flexibility index (Phi) is 11.2. The summed E-state index contributed by atoms with van der Waals surface area (Å²) in [6.07, 6.45) is 3.83. The van der Waals surface area contributed by atoms with Crippen LogP contribution in [0.2, 0.25) is 0 Å². The summed E-state index contributed by atoms with van der Waals surface area (Å²) in [4.78, 5) is 4.56. The molecule has 0 bridgehead atoms. The van der Waals surface area contributed by atoms with Crippen LogP contribution in [0.1, 0.15) is 31.2 Å². The molecule has 0 amide bonds. The van der Waals surface area contributed by atoms with Gasteiger partial charge in [-0.1, -0.05) is 24.6 Å². The van der Waals surface area contributed by atoms with Crippen molar-refractivity contribution in [3.05, 3.63) is 29.8 Å². The van der Waals surface area contributed by atoms with E-state index in [9.17, 15) is 8.42 Å². The molecule has 1 aromatic carbocycles. The van der Waals surface area contributed by atoms with E-state index >= 15 is 0 Å². The average molecular weight is 510 g/mol. The summed E-state index contributed by atoms with van der Waals surface area (Å²) in [5.74, 6) is 0.645. The normalized spacial score (nSPS) is 15.9. The summed E-state index contributed by atoms with van der Waals surface area (Å²) >= 11 is 0. The van der Waals surface area contributed by atoms with E-state index in [-0.39, 0.29) is 24.0 Å². The Hall–Kier alpha value is -0.910. The van der Waals surface area contributed by atoms with Gasteiger partial charge in [-0.05, 0) is 30.9 Å². The molecule has 0 spiro atoms. The molecule has 9 heteroatoms. The number of methoxy groups -OCH3 is 1. The van der Waals surface area contributed by atoms with E-state index in [0.717, 1.165) is 37.8 Å². The number of rotatable bonds is 8. The Balaban J connectivity index is 0.00000364.